The molecule has 0 aromatic carbocycles. The Bertz CT molecular complexity index is 4.00. The van der Waals surface area contributed by atoms with Crippen molar-refractivity contribution in [1.82, 2.24) is 0 Å². The molecule has 0 atom stereocenters. The third kappa shape index (κ3) is 8.85. The van der Waals surface area contributed by atoms with Crippen molar-refractivity contribution in [3.63, 3.8) is 0 Å². The number of hydrogen-bond donors (Lipinski definition) is 0. The summed E-state index contributed by atoms with van der Waals surface area (Å²) in [5.41, 5.74) is 0. The molecule has 0 aromatic heterocycles. The zero-order chi connectivity index (χ0) is 2.00. The van der Waals surface area contributed by atoms with Gasteiger partial charge in [0.25, 0.3) is 0 Å². The zero-order valence-corrected chi connectivity index (χ0v) is 9.00. The molecule has 0 amide bonds. The molecule has 0 aliphatic rings. The third-order valence-corrected chi connectivity index (χ3v) is 0. The molecular formula is H2Na2P2. The minimum absolute atomic E-state index is 0. The van der Waals surface area contributed by atoms with E-state index in [1.165, 1.54) is 0 Å². The fraction of sp³-hybridized carbons (Fsp3) is 0. The summed E-state index contributed by atoms with van der Waals surface area (Å²) in [6, 6.07) is 0. The van der Waals surface area contributed by atoms with Gasteiger partial charge in [-0.1, -0.05) is 0 Å². The fourth-order valence-electron chi connectivity index (χ4n) is 0. The normalized spacial score (nSPS) is 1.50. The van der Waals surface area contributed by atoms with Gasteiger partial charge in [0, 0.05) is 0 Å². The first-order chi connectivity index (χ1) is 1.00. The molecule has 14 valence electrons. The van der Waals surface area contributed by atoms with E-state index in [0.717, 1.165) is 0 Å². The van der Waals surface area contributed by atoms with E-state index in [0.29, 0.717) is 0 Å². The van der Waals surface area contributed by atoms with Crippen LogP contribution in [0.5, 0.6) is 0 Å². The molecule has 0 aliphatic heterocycles. The van der Waals surface area contributed by atoms with Crippen LogP contribution >= 0.6 is 17.9 Å². The Morgan fingerprint density at radius 1 is 0.750 bits per heavy atom. The second kappa shape index (κ2) is 16.9. The fourth-order valence-corrected chi connectivity index (χ4v) is 0. The molecule has 4 heavy (non-hydrogen) atoms. The Kier molecular flexibility index (Phi) is 66.9. The Labute approximate surface area is 75.8 Å². The van der Waals surface area contributed by atoms with Crippen LogP contribution in [0.4, 0.5) is 0 Å². The largest absolute Gasteiger partial charge is 1.00 e. The minimum atomic E-state index is 0. The average molecular weight is 110 g/mol. The van der Waals surface area contributed by atoms with Gasteiger partial charge in [-0.25, -0.2) is 0 Å². The summed E-state index contributed by atoms with van der Waals surface area (Å²) in [5, 5.41) is 0. The van der Waals surface area contributed by atoms with E-state index in [2.05, 4.69) is 17.9 Å². The molecule has 0 unspecified atom stereocenters. The summed E-state index contributed by atoms with van der Waals surface area (Å²) in [6.07, 6.45) is 0. The Morgan fingerprint density at radius 2 is 0.750 bits per heavy atom. The van der Waals surface area contributed by atoms with Gasteiger partial charge in [-0.3, -0.25) is 0 Å². The topological polar surface area (TPSA) is 0 Å². The van der Waals surface area contributed by atoms with Crippen molar-refractivity contribution in [1.29, 1.82) is 0 Å². The molecule has 0 heterocycles. The smallest absolute Gasteiger partial charge is 0.759 e. The summed E-state index contributed by atoms with van der Waals surface area (Å²) in [7, 11) is 5.56. The number of rotatable bonds is 0. The van der Waals surface area contributed by atoms with Crippen LogP contribution in [0.15, 0.2) is 0 Å². The average Bonchev–Trinajstić information content (AvgIpc) is 1.00. The molecule has 0 spiro atoms. The zero-order valence-electron chi connectivity index (χ0n) is 3.00. The van der Waals surface area contributed by atoms with E-state index in [9.17, 15) is 0 Å². The van der Waals surface area contributed by atoms with Gasteiger partial charge in [0.05, 0.1) is 0 Å². The predicted molar refractivity (Wildman–Crippen MR) is 16.6 cm³/mol. The standard InChI is InChI=1S/2Na.H2P2/c;;1-2/h;;1-2H/q2*+1;-2. The summed E-state index contributed by atoms with van der Waals surface area (Å²) in [5.74, 6) is 0. The first-order valence-corrected chi connectivity index (χ1v) is 2.25. The molecule has 0 bridgehead atoms. The summed E-state index contributed by atoms with van der Waals surface area (Å²) < 4.78 is 0. The third-order valence-electron chi connectivity index (χ3n) is 0. The molecule has 4 heteroatoms. The monoisotopic (exact) mass is 110 g/mol. The van der Waals surface area contributed by atoms with Crippen LogP contribution in [-0.2, 0) is 0 Å². The summed E-state index contributed by atoms with van der Waals surface area (Å²) in [6.45, 7) is 0. The van der Waals surface area contributed by atoms with Crippen molar-refractivity contribution in [3.05, 3.63) is 0 Å². The van der Waals surface area contributed by atoms with Crippen LogP contribution in [0.1, 0.15) is 0 Å². The Hall–Kier alpha value is 2.86. The minimum Gasteiger partial charge on any atom is -0.759 e. The van der Waals surface area contributed by atoms with Gasteiger partial charge in [-0.05, 0) is 0 Å². The van der Waals surface area contributed by atoms with E-state index in [4.69, 9.17) is 0 Å². The van der Waals surface area contributed by atoms with Gasteiger partial charge in [0.15, 0.2) is 0 Å². The van der Waals surface area contributed by atoms with E-state index in [1.807, 2.05) is 0 Å². The summed E-state index contributed by atoms with van der Waals surface area (Å²) >= 11 is 0. The molecule has 0 nitrogen and oxygen atoms in total. The van der Waals surface area contributed by atoms with Gasteiger partial charge in [-0.15, -0.1) is 0 Å². The van der Waals surface area contributed by atoms with Gasteiger partial charge < -0.3 is 17.9 Å². The maximum Gasteiger partial charge on any atom is 1.00 e. The van der Waals surface area contributed by atoms with Gasteiger partial charge in [0.2, 0.25) is 0 Å². The molecular weight excluding hydrogens is 108 g/mol. The van der Waals surface area contributed by atoms with Crippen molar-refractivity contribution in [2.45, 2.75) is 0 Å². The van der Waals surface area contributed by atoms with E-state index >= 15 is 0 Å². The van der Waals surface area contributed by atoms with Crippen molar-refractivity contribution in [3.8, 4) is 0 Å². The SMILES string of the molecule is [Na+].[Na+].[PH-][PH-]. The van der Waals surface area contributed by atoms with E-state index < -0.39 is 0 Å². The van der Waals surface area contributed by atoms with Crippen molar-refractivity contribution in [2.75, 3.05) is 0 Å². The van der Waals surface area contributed by atoms with Crippen LogP contribution in [0.2, 0.25) is 0 Å². The molecule has 0 saturated carbocycles. The van der Waals surface area contributed by atoms with Crippen molar-refractivity contribution < 1.29 is 59.1 Å². The molecule has 0 fully saturated rings. The molecule has 0 saturated heterocycles. The summed E-state index contributed by atoms with van der Waals surface area (Å²) in [4.78, 5) is 0. The van der Waals surface area contributed by atoms with Gasteiger partial charge in [0.1, 0.15) is 0 Å². The van der Waals surface area contributed by atoms with E-state index in [1.54, 1.807) is 0 Å². The van der Waals surface area contributed by atoms with Crippen LogP contribution in [0.3, 0.4) is 0 Å². The van der Waals surface area contributed by atoms with Crippen LogP contribution in [0.25, 0.3) is 0 Å². The van der Waals surface area contributed by atoms with Gasteiger partial charge in [-0.2, -0.15) is 0 Å². The molecule has 0 rings (SSSR count). The first kappa shape index (κ1) is 15.8. The van der Waals surface area contributed by atoms with E-state index in [-0.39, 0.29) is 59.1 Å². The molecule has 0 aromatic rings. The van der Waals surface area contributed by atoms with Crippen LogP contribution < -0.4 is 59.1 Å². The Balaban J connectivity index is -0.00000000500. The maximum absolute atomic E-state index is 2.78. The first-order valence-electron chi connectivity index (χ1n) is 0.250. The second-order valence-corrected chi connectivity index (χ2v) is 0. The quantitative estimate of drug-likeness (QED) is 0.217. The van der Waals surface area contributed by atoms with Crippen LogP contribution in [0, 0.1) is 0 Å². The molecule has 0 N–H and O–H groups in total. The second-order valence-electron chi connectivity index (χ2n) is 0. The molecule has 0 radical (unpaired) electrons. The molecule has 0 aliphatic carbocycles. The van der Waals surface area contributed by atoms with Crippen molar-refractivity contribution in [2.24, 2.45) is 0 Å². The van der Waals surface area contributed by atoms with Crippen molar-refractivity contribution >= 4 is 17.9 Å². The maximum atomic E-state index is 2.78. The van der Waals surface area contributed by atoms with Gasteiger partial charge >= 0.3 is 59.1 Å². The number of hydrogen-bond acceptors (Lipinski definition) is 0. The van der Waals surface area contributed by atoms with Crippen LogP contribution in [-0.4, -0.2) is 0 Å². The predicted octanol–water partition coefficient (Wildman–Crippen LogP) is -4.80. The Morgan fingerprint density at radius 3 is 0.750 bits per heavy atom.